The minimum atomic E-state index is -0.746. The lowest BCUT2D eigenvalue weighted by Gasteiger charge is -2.15. The lowest BCUT2D eigenvalue weighted by molar-refractivity contribution is -0.122. The smallest absolute Gasteiger partial charge is 0.265 e. The molecule has 1 unspecified atom stereocenters. The molecular weight excluding hydrogens is 363 g/mol. The van der Waals surface area contributed by atoms with E-state index < -0.39 is 6.10 Å². The lowest BCUT2D eigenvalue weighted by atomic mass is 10.3. The number of nitrogens with zero attached hydrogens (tertiary/aromatic N) is 3. The van der Waals surface area contributed by atoms with E-state index in [1.165, 1.54) is 0 Å². The fraction of sp³-hybridized carbons (Fsp3) is 0.118. The molecule has 0 fully saturated rings. The molecule has 2 aromatic heterocycles. The molecule has 6 nitrogen and oxygen atoms in total. The van der Waals surface area contributed by atoms with E-state index in [4.69, 9.17) is 27.9 Å². The van der Waals surface area contributed by atoms with Crippen molar-refractivity contribution in [3.8, 4) is 11.6 Å². The van der Waals surface area contributed by atoms with Crippen LogP contribution in [0.4, 0.5) is 5.69 Å². The highest BCUT2D eigenvalue weighted by Crippen LogP contribution is 2.28. The first-order valence-electron chi connectivity index (χ1n) is 7.41. The van der Waals surface area contributed by atoms with Gasteiger partial charge < -0.3 is 10.1 Å². The fourth-order valence-corrected chi connectivity index (χ4v) is 2.51. The fourth-order valence-electron chi connectivity index (χ4n) is 2.06. The summed E-state index contributed by atoms with van der Waals surface area (Å²) in [7, 11) is 0. The molecule has 0 aliphatic heterocycles. The van der Waals surface area contributed by atoms with Gasteiger partial charge in [-0.3, -0.25) is 4.79 Å². The zero-order valence-electron chi connectivity index (χ0n) is 13.2. The van der Waals surface area contributed by atoms with E-state index in [1.54, 1.807) is 66.6 Å². The van der Waals surface area contributed by atoms with E-state index >= 15 is 0 Å². The monoisotopic (exact) mass is 376 g/mol. The number of carbonyl (C=O) groups excluding carboxylic acids is 1. The summed E-state index contributed by atoms with van der Waals surface area (Å²) >= 11 is 11.9. The number of hydrogen-bond acceptors (Lipinski definition) is 4. The Kier molecular flexibility index (Phi) is 5.21. The van der Waals surface area contributed by atoms with Crippen LogP contribution in [0.15, 0.2) is 55.0 Å². The first-order chi connectivity index (χ1) is 12.0. The first-order valence-corrected chi connectivity index (χ1v) is 8.17. The molecule has 2 heterocycles. The molecule has 0 bridgehead atoms. The maximum atomic E-state index is 12.3. The topological polar surface area (TPSA) is 69.0 Å². The molecule has 25 heavy (non-hydrogen) atoms. The molecule has 0 saturated carbocycles. The lowest BCUT2D eigenvalue weighted by Crippen LogP contribution is -2.30. The molecule has 0 saturated heterocycles. The highest BCUT2D eigenvalue weighted by Gasteiger charge is 2.16. The molecule has 128 valence electrons. The molecule has 3 rings (SSSR count). The number of halogens is 2. The number of pyridine rings is 1. The van der Waals surface area contributed by atoms with E-state index in [0.717, 1.165) is 0 Å². The Labute approximate surface area is 154 Å². The van der Waals surface area contributed by atoms with Gasteiger partial charge in [0, 0.05) is 17.4 Å². The van der Waals surface area contributed by atoms with E-state index in [-0.39, 0.29) is 5.91 Å². The Morgan fingerprint density at radius 2 is 2.12 bits per heavy atom. The van der Waals surface area contributed by atoms with Gasteiger partial charge in [-0.05, 0) is 43.3 Å². The molecular formula is C17H14Cl2N4O2. The van der Waals surface area contributed by atoms with Crippen LogP contribution in [-0.2, 0) is 4.79 Å². The Bertz CT molecular complexity index is 867. The third-order valence-electron chi connectivity index (χ3n) is 3.32. The first kappa shape index (κ1) is 17.3. The van der Waals surface area contributed by atoms with Crippen LogP contribution in [-0.4, -0.2) is 26.8 Å². The number of benzene rings is 1. The third kappa shape index (κ3) is 4.29. The van der Waals surface area contributed by atoms with Gasteiger partial charge in [0.25, 0.3) is 5.91 Å². The van der Waals surface area contributed by atoms with Gasteiger partial charge in [-0.15, -0.1) is 0 Å². The van der Waals surface area contributed by atoms with Crippen LogP contribution in [0.5, 0.6) is 5.75 Å². The summed E-state index contributed by atoms with van der Waals surface area (Å²) in [6, 6.07) is 10.1. The molecule has 1 atom stereocenters. The van der Waals surface area contributed by atoms with E-state index in [9.17, 15) is 4.79 Å². The SMILES string of the molecule is CC(Oc1ccc(Cl)cc1Cl)C(=O)Nc1ccc(-n2cccn2)nc1. The molecule has 0 aliphatic rings. The van der Waals surface area contributed by atoms with Gasteiger partial charge in [-0.2, -0.15) is 5.10 Å². The summed E-state index contributed by atoms with van der Waals surface area (Å²) < 4.78 is 7.20. The Balaban J connectivity index is 1.63. The average molecular weight is 377 g/mol. The number of carbonyl (C=O) groups is 1. The summed E-state index contributed by atoms with van der Waals surface area (Å²) in [4.78, 5) is 16.5. The van der Waals surface area contributed by atoms with Crippen molar-refractivity contribution in [2.24, 2.45) is 0 Å². The largest absolute Gasteiger partial charge is 0.479 e. The molecule has 8 heteroatoms. The highest BCUT2D eigenvalue weighted by atomic mass is 35.5. The molecule has 3 aromatic rings. The van der Waals surface area contributed by atoms with Gasteiger partial charge in [0.1, 0.15) is 5.75 Å². The molecule has 0 spiro atoms. The van der Waals surface area contributed by atoms with Gasteiger partial charge >= 0.3 is 0 Å². The number of nitrogens with one attached hydrogen (secondary N) is 1. The van der Waals surface area contributed by atoms with Crippen LogP contribution in [0, 0.1) is 0 Å². The average Bonchev–Trinajstić information content (AvgIpc) is 3.12. The van der Waals surface area contributed by atoms with Crippen molar-refractivity contribution in [2.45, 2.75) is 13.0 Å². The van der Waals surface area contributed by atoms with Crippen LogP contribution in [0.3, 0.4) is 0 Å². The zero-order valence-corrected chi connectivity index (χ0v) is 14.7. The summed E-state index contributed by atoms with van der Waals surface area (Å²) in [5.74, 6) is 0.723. The quantitative estimate of drug-likeness (QED) is 0.730. The van der Waals surface area contributed by atoms with Gasteiger partial charge in [0.2, 0.25) is 0 Å². The van der Waals surface area contributed by atoms with Gasteiger partial charge in [-0.1, -0.05) is 23.2 Å². The molecule has 1 N–H and O–H groups in total. The maximum Gasteiger partial charge on any atom is 0.265 e. The molecule has 0 aliphatic carbocycles. The van der Waals surface area contributed by atoms with Crippen molar-refractivity contribution < 1.29 is 9.53 Å². The van der Waals surface area contributed by atoms with Crippen molar-refractivity contribution in [1.29, 1.82) is 0 Å². The van der Waals surface area contributed by atoms with Gasteiger partial charge in [-0.25, -0.2) is 9.67 Å². The van der Waals surface area contributed by atoms with Crippen molar-refractivity contribution in [3.63, 3.8) is 0 Å². The zero-order chi connectivity index (χ0) is 17.8. The number of hydrogen-bond donors (Lipinski definition) is 1. The summed E-state index contributed by atoms with van der Waals surface area (Å²) in [5, 5.41) is 7.67. The number of amides is 1. The van der Waals surface area contributed by atoms with Gasteiger partial charge in [0.05, 0.1) is 16.9 Å². The van der Waals surface area contributed by atoms with E-state index in [0.29, 0.717) is 27.3 Å². The minimum Gasteiger partial charge on any atom is -0.479 e. The molecule has 1 aromatic carbocycles. The number of aromatic nitrogens is 3. The van der Waals surface area contributed by atoms with Gasteiger partial charge in [0.15, 0.2) is 11.9 Å². The van der Waals surface area contributed by atoms with Crippen molar-refractivity contribution in [1.82, 2.24) is 14.8 Å². The number of ether oxygens (including phenoxy) is 1. The second-order valence-electron chi connectivity index (χ2n) is 5.18. The summed E-state index contributed by atoms with van der Waals surface area (Å²) in [6.45, 7) is 1.63. The van der Waals surface area contributed by atoms with E-state index in [1.807, 2.05) is 0 Å². The number of rotatable bonds is 5. The minimum absolute atomic E-state index is 0.320. The van der Waals surface area contributed by atoms with Crippen LogP contribution < -0.4 is 10.1 Å². The Morgan fingerprint density at radius 3 is 2.76 bits per heavy atom. The second kappa shape index (κ2) is 7.55. The van der Waals surface area contributed by atoms with Crippen LogP contribution in [0.1, 0.15) is 6.92 Å². The second-order valence-corrected chi connectivity index (χ2v) is 6.02. The number of anilines is 1. The van der Waals surface area contributed by atoms with Crippen LogP contribution in [0.25, 0.3) is 5.82 Å². The Hall–Kier alpha value is -2.57. The standard InChI is InChI=1S/C17H14Cl2N4O2/c1-11(25-15-5-3-12(18)9-14(15)19)17(24)22-13-4-6-16(20-10-13)23-8-2-7-21-23/h2-11H,1H3,(H,22,24). The van der Waals surface area contributed by atoms with E-state index in [2.05, 4.69) is 15.4 Å². The predicted octanol–water partition coefficient (Wildman–Crippen LogP) is 3.98. The summed E-state index contributed by atoms with van der Waals surface area (Å²) in [6.07, 6.45) is 4.26. The highest BCUT2D eigenvalue weighted by molar-refractivity contribution is 6.35. The normalized spacial score (nSPS) is 11.8. The summed E-state index contributed by atoms with van der Waals surface area (Å²) in [5.41, 5.74) is 0.554. The van der Waals surface area contributed by atoms with Crippen LogP contribution >= 0.6 is 23.2 Å². The molecule has 0 radical (unpaired) electrons. The predicted molar refractivity (Wildman–Crippen MR) is 96.5 cm³/mol. The Morgan fingerprint density at radius 1 is 1.28 bits per heavy atom. The molecule has 1 amide bonds. The van der Waals surface area contributed by atoms with Crippen molar-refractivity contribution in [3.05, 3.63) is 65.0 Å². The third-order valence-corrected chi connectivity index (χ3v) is 3.85. The maximum absolute atomic E-state index is 12.3. The van der Waals surface area contributed by atoms with Crippen molar-refractivity contribution >= 4 is 34.8 Å². The van der Waals surface area contributed by atoms with Crippen LogP contribution in [0.2, 0.25) is 10.0 Å². The van der Waals surface area contributed by atoms with Crippen molar-refractivity contribution in [2.75, 3.05) is 5.32 Å².